The van der Waals surface area contributed by atoms with Crippen molar-refractivity contribution in [3.8, 4) is 5.69 Å². The fraction of sp³-hybridized carbons (Fsp3) is 0.0952. The Kier molecular flexibility index (Phi) is 5.47. The normalized spacial score (nSPS) is 15.3. The minimum absolute atomic E-state index is 0.204. The van der Waals surface area contributed by atoms with Crippen molar-refractivity contribution in [2.24, 2.45) is 5.10 Å². The lowest BCUT2D eigenvalue weighted by molar-refractivity contribution is -0.114. The number of anilines is 1. The number of nitrogens with zero attached hydrogens (tertiary/aromatic N) is 3. The topological polar surface area (TPSA) is 70.5 Å². The summed E-state index contributed by atoms with van der Waals surface area (Å²) in [5, 5.41) is 8.86. The highest BCUT2D eigenvalue weighted by atomic mass is 127. The van der Waals surface area contributed by atoms with Crippen molar-refractivity contribution in [3.63, 3.8) is 0 Å². The van der Waals surface area contributed by atoms with Crippen molar-refractivity contribution in [1.82, 2.24) is 9.78 Å². The van der Waals surface area contributed by atoms with Gasteiger partial charge < -0.3 is 0 Å². The quantitative estimate of drug-likeness (QED) is 0.351. The summed E-state index contributed by atoms with van der Waals surface area (Å²) in [5.74, 6) is -0.246. The van der Waals surface area contributed by atoms with E-state index < -0.39 is 0 Å². The van der Waals surface area contributed by atoms with Crippen LogP contribution in [0.25, 0.3) is 11.8 Å². The van der Waals surface area contributed by atoms with Crippen LogP contribution in [0, 0.1) is 14.1 Å². The number of aryl methyl sites for hydroxylation is 1. The Morgan fingerprint density at radius 2 is 1.45 bits per heavy atom. The van der Waals surface area contributed by atoms with E-state index in [1.807, 2.05) is 55.5 Å². The summed E-state index contributed by atoms with van der Waals surface area (Å²) in [6, 6.07) is 15.2. The van der Waals surface area contributed by atoms with Gasteiger partial charge in [-0.25, -0.2) is 4.68 Å². The van der Waals surface area contributed by atoms with Crippen LogP contribution in [0.2, 0.25) is 0 Å². The lowest BCUT2D eigenvalue weighted by atomic mass is 10.1. The maximum Gasteiger partial charge on any atom is 0.280 e. The first-order valence-corrected chi connectivity index (χ1v) is 11.0. The summed E-state index contributed by atoms with van der Waals surface area (Å²) in [6.45, 7) is 3.59. The highest BCUT2D eigenvalue weighted by Gasteiger charge is 2.29. The molecule has 0 bridgehead atoms. The number of aromatic nitrogens is 2. The number of benzene rings is 2. The van der Waals surface area contributed by atoms with E-state index in [4.69, 9.17) is 0 Å². The molecule has 1 amide bonds. The summed E-state index contributed by atoms with van der Waals surface area (Å²) in [6.07, 6.45) is 1.63. The average Bonchev–Trinajstić information content (AvgIpc) is 3.14. The summed E-state index contributed by atoms with van der Waals surface area (Å²) < 4.78 is 3.65. The first-order chi connectivity index (χ1) is 13.8. The van der Waals surface area contributed by atoms with Crippen LogP contribution < -0.4 is 10.6 Å². The van der Waals surface area contributed by atoms with Gasteiger partial charge in [-0.2, -0.15) is 10.1 Å². The van der Waals surface area contributed by atoms with Gasteiger partial charge in [0.2, 0.25) is 0 Å². The second-order valence-corrected chi connectivity index (χ2v) is 9.10. The standard InChI is InChI=1S/C21H16I2N4O2/c1-12-18(20(28)26(24-12)16-7-3-14(22)4-8-16)11-19-13(2)25-27(21(19)29)17-9-5-15(23)6-10-17/h3-11,24H,1-2H3/b19-11-. The number of nitrogens with one attached hydrogen (secondary N) is 1. The Labute approximate surface area is 194 Å². The third kappa shape index (κ3) is 3.82. The molecule has 0 unspecified atom stereocenters. The van der Waals surface area contributed by atoms with E-state index in [2.05, 4.69) is 55.4 Å². The van der Waals surface area contributed by atoms with Crippen LogP contribution in [0.1, 0.15) is 18.2 Å². The van der Waals surface area contributed by atoms with Crippen molar-refractivity contribution >= 4 is 68.6 Å². The predicted octanol–water partition coefficient (Wildman–Crippen LogP) is 4.49. The molecule has 0 saturated heterocycles. The largest absolute Gasteiger partial charge is 0.295 e. The van der Waals surface area contributed by atoms with Crippen LogP contribution in [0.5, 0.6) is 0 Å². The minimum atomic E-state index is -0.246. The molecular formula is C21H16I2N4O2. The monoisotopic (exact) mass is 610 g/mol. The zero-order valence-corrected chi connectivity index (χ0v) is 19.9. The van der Waals surface area contributed by atoms with E-state index in [9.17, 15) is 9.59 Å². The number of amides is 1. The molecule has 1 aromatic heterocycles. The molecule has 2 aromatic carbocycles. The van der Waals surface area contributed by atoms with Crippen molar-refractivity contribution in [3.05, 3.63) is 82.9 Å². The van der Waals surface area contributed by atoms with Gasteiger partial charge in [-0.3, -0.25) is 14.7 Å². The number of halogens is 2. The molecule has 0 saturated carbocycles. The Hall–Kier alpha value is -2.21. The number of hydrogen-bond acceptors (Lipinski definition) is 3. The maximum absolute atomic E-state index is 13.0. The van der Waals surface area contributed by atoms with Crippen molar-refractivity contribution in [2.75, 3.05) is 5.01 Å². The van der Waals surface area contributed by atoms with E-state index in [1.165, 1.54) is 9.69 Å². The van der Waals surface area contributed by atoms with Gasteiger partial charge in [0, 0.05) is 12.8 Å². The van der Waals surface area contributed by atoms with Crippen LogP contribution in [0.3, 0.4) is 0 Å². The van der Waals surface area contributed by atoms with Gasteiger partial charge in [0.15, 0.2) is 0 Å². The van der Waals surface area contributed by atoms with Crippen LogP contribution in [0.15, 0.2) is 64.0 Å². The summed E-state index contributed by atoms with van der Waals surface area (Å²) >= 11 is 4.43. The van der Waals surface area contributed by atoms with E-state index in [0.29, 0.717) is 28.2 Å². The van der Waals surface area contributed by atoms with Crippen molar-refractivity contribution < 1.29 is 4.79 Å². The molecule has 8 heteroatoms. The van der Waals surface area contributed by atoms with E-state index in [1.54, 1.807) is 13.0 Å². The number of carbonyl (C=O) groups excluding carboxylic acids is 1. The first kappa shape index (κ1) is 20.1. The molecule has 1 N–H and O–H groups in total. The fourth-order valence-electron chi connectivity index (χ4n) is 3.09. The molecule has 0 radical (unpaired) electrons. The Morgan fingerprint density at radius 3 is 2.03 bits per heavy atom. The van der Waals surface area contributed by atoms with Crippen molar-refractivity contribution in [2.45, 2.75) is 13.8 Å². The zero-order valence-electron chi connectivity index (χ0n) is 15.6. The van der Waals surface area contributed by atoms with E-state index in [0.717, 1.165) is 12.8 Å². The van der Waals surface area contributed by atoms with Crippen LogP contribution in [-0.4, -0.2) is 21.4 Å². The van der Waals surface area contributed by atoms with Gasteiger partial charge in [0.25, 0.3) is 11.5 Å². The summed E-state index contributed by atoms with van der Waals surface area (Å²) in [7, 11) is 0. The molecule has 146 valence electrons. The van der Waals surface area contributed by atoms with Crippen LogP contribution in [0.4, 0.5) is 5.69 Å². The lowest BCUT2D eigenvalue weighted by Crippen LogP contribution is -2.22. The molecule has 4 rings (SSSR count). The number of H-pyrrole nitrogens is 1. The molecule has 0 atom stereocenters. The number of aromatic amines is 1. The van der Waals surface area contributed by atoms with Gasteiger partial charge in [-0.15, -0.1) is 0 Å². The zero-order chi connectivity index (χ0) is 20.7. The average molecular weight is 610 g/mol. The Bertz CT molecular complexity index is 1220. The second kappa shape index (κ2) is 7.90. The molecule has 0 spiro atoms. The van der Waals surface area contributed by atoms with Gasteiger partial charge in [0.1, 0.15) is 0 Å². The maximum atomic E-state index is 13.0. The Morgan fingerprint density at radius 1 is 0.897 bits per heavy atom. The minimum Gasteiger partial charge on any atom is -0.295 e. The van der Waals surface area contributed by atoms with Crippen LogP contribution in [-0.2, 0) is 4.79 Å². The molecule has 3 aromatic rings. The van der Waals surface area contributed by atoms with Gasteiger partial charge in [-0.05, 0) is 114 Å². The fourth-order valence-corrected chi connectivity index (χ4v) is 3.81. The molecule has 6 nitrogen and oxygen atoms in total. The molecule has 1 aliphatic rings. The third-order valence-corrected chi connectivity index (χ3v) is 6.06. The van der Waals surface area contributed by atoms with Gasteiger partial charge in [0.05, 0.1) is 28.2 Å². The van der Waals surface area contributed by atoms with E-state index in [-0.39, 0.29) is 11.5 Å². The summed E-state index contributed by atoms with van der Waals surface area (Å²) in [4.78, 5) is 25.9. The highest BCUT2D eigenvalue weighted by Crippen LogP contribution is 2.25. The smallest absolute Gasteiger partial charge is 0.280 e. The summed E-state index contributed by atoms with van der Waals surface area (Å²) in [5.41, 5.74) is 3.36. The highest BCUT2D eigenvalue weighted by molar-refractivity contribution is 14.1. The van der Waals surface area contributed by atoms with Gasteiger partial charge >= 0.3 is 0 Å². The molecule has 1 aliphatic heterocycles. The van der Waals surface area contributed by atoms with E-state index >= 15 is 0 Å². The second-order valence-electron chi connectivity index (χ2n) is 6.60. The number of hydrazone groups is 1. The Balaban J connectivity index is 1.72. The first-order valence-electron chi connectivity index (χ1n) is 8.80. The molecule has 0 fully saturated rings. The number of rotatable bonds is 3. The van der Waals surface area contributed by atoms with Crippen LogP contribution >= 0.6 is 45.2 Å². The predicted molar refractivity (Wildman–Crippen MR) is 132 cm³/mol. The number of hydrogen-bond donors (Lipinski definition) is 1. The number of carbonyl (C=O) groups is 1. The molecule has 2 heterocycles. The molecular weight excluding hydrogens is 594 g/mol. The molecule has 29 heavy (non-hydrogen) atoms. The molecule has 0 aliphatic carbocycles. The third-order valence-electron chi connectivity index (χ3n) is 4.62. The lowest BCUT2D eigenvalue weighted by Gasteiger charge is -2.11. The van der Waals surface area contributed by atoms with Crippen molar-refractivity contribution in [1.29, 1.82) is 0 Å². The SMILES string of the molecule is CC1=NN(c2ccc(I)cc2)C(=O)/C1=C\c1c(C)[nH]n(-c2ccc(I)cc2)c1=O. The van der Waals surface area contributed by atoms with Gasteiger partial charge in [-0.1, -0.05) is 0 Å².